The van der Waals surface area contributed by atoms with E-state index in [9.17, 15) is 14.9 Å². The van der Waals surface area contributed by atoms with E-state index in [4.69, 9.17) is 4.74 Å². The van der Waals surface area contributed by atoms with Crippen LogP contribution in [-0.2, 0) is 16.1 Å². The minimum atomic E-state index is -0.564. The average Bonchev–Trinajstić information content (AvgIpc) is 2.84. The number of amides is 1. The van der Waals surface area contributed by atoms with Crippen molar-refractivity contribution < 1.29 is 14.5 Å². The summed E-state index contributed by atoms with van der Waals surface area (Å²) in [5.41, 5.74) is 0. The third-order valence-corrected chi connectivity index (χ3v) is 2.48. The van der Waals surface area contributed by atoms with Gasteiger partial charge in [-0.2, -0.15) is 4.68 Å². The fourth-order valence-corrected chi connectivity index (χ4v) is 1.50. The highest BCUT2D eigenvalue weighted by molar-refractivity contribution is 5.75. The molecule has 0 spiro atoms. The van der Waals surface area contributed by atoms with Crippen molar-refractivity contribution in [2.75, 3.05) is 13.2 Å². The van der Waals surface area contributed by atoms with Gasteiger partial charge in [-0.25, -0.2) is 0 Å². The van der Waals surface area contributed by atoms with Crippen molar-refractivity contribution in [3.63, 3.8) is 0 Å². The summed E-state index contributed by atoms with van der Waals surface area (Å²) in [6, 6.07) is 1.31. The van der Waals surface area contributed by atoms with E-state index in [0.29, 0.717) is 19.7 Å². The summed E-state index contributed by atoms with van der Waals surface area (Å²) in [4.78, 5) is 21.4. The molecule has 0 unspecified atom stereocenters. The standard InChI is InChI=1S/C12H20N4O4/c1-10(2)20-9-3-6-13-12(17)5-8-15-7-4-11(14-15)16(18)19/h4,7,10H,3,5-6,8-9H2,1-2H3,(H,13,17). The molecule has 8 heteroatoms. The summed E-state index contributed by atoms with van der Waals surface area (Å²) in [7, 11) is 0. The van der Waals surface area contributed by atoms with E-state index in [0.717, 1.165) is 6.42 Å². The molecule has 20 heavy (non-hydrogen) atoms. The molecule has 1 heterocycles. The Morgan fingerprint density at radius 3 is 2.95 bits per heavy atom. The molecule has 112 valence electrons. The lowest BCUT2D eigenvalue weighted by atomic mass is 10.3. The zero-order chi connectivity index (χ0) is 15.0. The fraction of sp³-hybridized carbons (Fsp3) is 0.667. The van der Waals surface area contributed by atoms with Crippen LogP contribution in [0.2, 0.25) is 0 Å². The number of nitrogens with one attached hydrogen (secondary N) is 1. The summed E-state index contributed by atoms with van der Waals surface area (Å²) in [6.07, 6.45) is 2.68. The summed E-state index contributed by atoms with van der Waals surface area (Å²) in [6.45, 7) is 5.42. The van der Waals surface area contributed by atoms with Gasteiger partial charge in [0.15, 0.2) is 0 Å². The van der Waals surface area contributed by atoms with Crippen LogP contribution in [0.4, 0.5) is 5.82 Å². The van der Waals surface area contributed by atoms with Gasteiger partial charge in [0.2, 0.25) is 5.91 Å². The SMILES string of the molecule is CC(C)OCCCNC(=O)CCn1ccc([N+](=O)[O-])n1. The lowest BCUT2D eigenvalue weighted by Gasteiger charge is -2.07. The fourth-order valence-electron chi connectivity index (χ4n) is 1.50. The maximum absolute atomic E-state index is 11.5. The Kier molecular flexibility index (Phi) is 6.65. The van der Waals surface area contributed by atoms with Crippen molar-refractivity contribution in [2.45, 2.75) is 39.3 Å². The van der Waals surface area contributed by atoms with E-state index >= 15 is 0 Å². The minimum absolute atomic E-state index is 0.104. The summed E-state index contributed by atoms with van der Waals surface area (Å²) in [5, 5.41) is 16.9. The number of rotatable bonds is 9. The van der Waals surface area contributed by atoms with Crippen molar-refractivity contribution in [3.8, 4) is 0 Å². The molecular formula is C12H20N4O4. The number of aryl methyl sites for hydroxylation is 1. The number of aromatic nitrogens is 2. The van der Waals surface area contributed by atoms with Crippen molar-refractivity contribution in [3.05, 3.63) is 22.4 Å². The van der Waals surface area contributed by atoms with E-state index in [1.54, 1.807) is 0 Å². The maximum atomic E-state index is 11.5. The number of nitro groups is 1. The third kappa shape index (κ3) is 6.28. The van der Waals surface area contributed by atoms with Gasteiger partial charge >= 0.3 is 5.82 Å². The summed E-state index contributed by atoms with van der Waals surface area (Å²) in [5.74, 6) is -0.316. The first-order valence-corrected chi connectivity index (χ1v) is 6.55. The van der Waals surface area contributed by atoms with Crippen LogP contribution >= 0.6 is 0 Å². The minimum Gasteiger partial charge on any atom is -0.379 e. The Morgan fingerprint density at radius 2 is 2.35 bits per heavy atom. The number of nitrogens with zero attached hydrogens (tertiary/aromatic N) is 3. The molecule has 0 saturated heterocycles. The third-order valence-electron chi connectivity index (χ3n) is 2.48. The molecule has 0 saturated carbocycles. The van der Waals surface area contributed by atoms with Crippen molar-refractivity contribution in [1.29, 1.82) is 0 Å². The highest BCUT2D eigenvalue weighted by Crippen LogP contribution is 2.05. The van der Waals surface area contributed by atoms with Crippen LogP contribution < -0.4 is 5.32 Å². The molecule has 0 bridgehead atoms. The van der Waals surface area contributed by atoms with Crippen LogP contribution in [-0.4, -0.2) is 39.9 Å². The Balaban J connectivity index is 2.14. The van der Waals surface area contributed by atoms with Crippen molar-refractivity contribution in [1.82, 2.24) is 15.1 Å². The van der Waals surface area contributed by atoms with E-state index in [2.05, 4.69) is 10.4 Å². The quantitative estimate of drug-likeness (QED) is 0.416. The van der Waals surface area contributed by atoms with Gasteiger partial charge in [0.05, 0.1) is 30.0 Å². The smallest absolute Gasteiger partial charge is 0.379 e. The Morgan fingerprint density at radius 1 is 1.60 bits per heavy atom. The van der Waals surface area contributed by atoms with Crippen molar-refractivity contribution >= 4 is 11.7 Å². The molecule has 0 atom stereocenters. The van der Waals surface area contributed by atoms with Gasteiger partial charge in [-0.05, 0) is 25.2 Å². The largest absolute Gasteiger partial charge is 0.389 e. The van der Waals surface area contributed by atoms with Crippen LogP contribution in [0, 0.1) is 10.1 Å². The zero-order valence-corrected chi connectivity index (χ0v) is 11.7. The molecule has 1 N–H and O–H groups in total. The summed E-state index contributed by atoms with van der Waals surface area (Å²) >= 11 is 0. The van der Waals surface area contributed by atoms with Crippen LogP contribution in [0.15, 0.2) is 12.3 Å². The van der Waals surface area contributed by atoms with Gasteiger partial charge in [0, 0.05) is 19.6 Å². The molecule has 1 amide bonds. The Labute approximate surface area is 117 Å². The number of hydrogen-bond acceptors (Lipinski definition) is 5. The van der Waals surface area contributed by atoms with E-state index in [1.807, 2.05) is 13.8 Å². The average molecular weight is 284 g/mol. The number of carbonyl (C=O) groups is 1. The molecule has 1 rings (SSSR count). The van der Waals surface area contributed by atoms with Gasteiger partial charge in [0.1, 0.15) is 0 Å². The molecule has 8 nitrogen and oxygen atoms in total. The van der Waals surface area contributed by atoms with E-state index in [1.165, 1.54) is 16.9 Å². The lowest BCUT2D eigenvalue weighted by molar-refractivity contribution is -0.389. The second-order valence-corrected chi connectivity index (χ2v) is 4.57. The van der Waals surface area contributed by atoms with E-state index < -0.39 is 4.92 Å². The number of carbonyl (C=O) groups excluding carboxylic acids is 1. The Bertz CT molecular complexity index is 444. The van der Waals surface area contributed by atoms with E-state index in [-0.39, 0.29) is 24.2 Å². The second kappa shape index (κ2) is 8.26. The van der Waals surface area contributed by atoms with Crippen LogP contribution in [0.3, 0.4) is 0 Å². The normalized spacial score (nSPS) is 10.8. The molecule has 0 aromatic carbocycles. The van der Waals surface area contributed by atoms with Gasteiger partial charge < -0.3 is 20.2 Å². The predicted molar refractivity (Wildman–Crippen MR) is 72.2 cm³/mol. The molecular weight excluding hydrogens is 264 g/mol. The van der Waals surface area contributed by atoms with Crippen LogP contribution in [0.1, 0.15) is 26.7 Å². The first-order chi connectivity index (χ1) is 9.49. The van der Waals surface area contributed by atoms with Crippen molar-refractivity contribution in [2.24, 2.45) is 0 Å². The second-order valence-electron chi connectivity index (χ2n) is 4.57. The molecule has 0 fully saturated rings. The zero-order valence-electron chi connectivity index (χ0n) is 11.7. The Hall–Kier alpha value is -1.96. The van der Waals surface area contributed by atoms with Crippen LogP contribution in [0.25, 0.3) is 0 Å². The van der Waals surface area contributed by atoms with Gasteiger partial charge in [0.25, 0.3) is 0 Å². The highest BCUT2D eigenvalue weighted by atomic mass is 16.6. The maximum Gasteiger partial charge on any atom is 0.389 e. The molecule has 1 aromatic rings. The highest BCUT2D eigenvalue weighted by Gasteiger charge is 2.11. The molecule has 0 aliphatic rings. The topological polar surface area (TPSA) is 99.3 Å². The first kappa shape index (κ1) is 16.1. The molecule has 0 aliphatic carbocycles. The first-order valence-electron chi connectivity index (χ1n) is 6.55. The molecule has 1 aromatic heterocycles. The number of ether oxygens (including phenoxy) is 1. The van der Waals surface area contributed by atoms with Gasteiger partial charge in [-0.15, -0.1) is 0 Å². The number of hydrogen-bond donors (Lipinski definition) is 1. The summed E-state index contributed by atoms with van der Waals surface area (Å²) < 4.78 is 6.74. The van der Waals surface area contributed by atoms with Gasteiger partial charge in [-0.1, -0.05) is 0 Å². The molecule has 0 radical (unpaired) electrons. The predicted octanol–water partition coefficient (Wildman–Crippen LogP) is 1.11. The van der Waals surface area contributed by atoms with Gasteiger partial charge in [-0.3, -0.25) is 4.79 Å². The molecule has 0 aliphatic heterocycles. The lowest BCUT2D eigenvalue weighted by Crippen LogP contribution is -2.26. The monoisotopic (exact) mass is 284 g/mol. The van der Waals surface area contributed by atoms with Crippen LogP contribution in [0.5, 0.6) is 0 Å².